The van der Waals surface area contributed by atoms with Crippen molar-refractivity contribution in [3.63, 3.8) is 0 Å². The summed E-state index contributed by atoms with van der Waals surface area (Å²) in [5, 5.41) is 0. The molecular formula is C13H16Br2O2. The molecule has 17 heavy (non-hydrogen) atoms. The van der Waals surface area contributed by atoms with E-state index in [1.54, 1.807) is 7.11 Å². The van der Waals surface area contributed by atoms with Crippen LogP contribution in [0.1, 0.15) is 22.4 Å². The van der Waals surface area contributed by atoms with Gasteiger partial charge in [0.1, 0.15) is 5.75 Å². The Balaban J connectivity index is 2.32. The molecule has 94 valence electrons. The molecule has 1 aromatic carbocycles. The Labute approximate surface area is 119 Å². The number of hydrogen-bond donors (Lipinski definition) is 0. The van der Waals surface area contributed by atoms with E-state index in [2.05, 4.69) is 50.9 Å². The standard InChI is InChI=1S/C13H16Br2O2/c1-8-5-12(16-2)10(6-11(8)14)13(15)9-3-4-17-7-9/h5-6,9,13H,3-4,7H2,1-2H3. The third-order valence-corrected chi connectivity index (χ3v) is 5.28. The van der Waals surface area contributed by atoms with Crippen LogP contribution in [0.15, 0.2) is 16.6 Å². The molecule has 1 fully saturated rings. The second kappa shape index (κ2) is 5.72. The van der Waals surface area contributed by atoms with Gasteiger partial charge in [0, 0.05) is 27.4 Å². The largest absolute Gasteiger partial charge is 0.496 e. The smallest absolute Gasteiger partial charge is 0.123 e. The van der Waals surface area contributed by atoms with E-state index < -0.39 is 0 Å². The van der Waals surface area contributed by atoms with Crippen LogP contribution in [0.2, 0.25) is 0 Å². The van der Waals surface area contributed by atoms with Gasteiger partial charge < -0.3 is 9.47 Å². The lowest BCUT2D eigenvalue weighted by Gasteiger charge is -2.20. The van der Waals surface area contributed by atoms with Gasteiger partial charge in [-0.3, -0.25) is 0 Å². The first kappa shape index (κ1) is 13.4. The summed E-state index contributed by atoms with van der Waals surface area (Å²) in [6, 6.07) is 4.22. The third kappa shape index (κ3) is 2.85. The van der Waals surface area contributed by atoms with E-state index in [1.165, 1.54) is 11.1 Å². The summed E-state index contributed by atoms with van der Waals surface area (Å²) in [5.74, 6) is 1.47. The van der Waals surface area contributed by atoms with Crippen molar-refractivity contribution in [2.45, 2.75) is 18.2 Å². The van der Waals surface area contributed by atoms with Crippen LogP contribution in [0.3, 0.4) is 0 Å². The highest BCUT2D eigenvalue weighted by Gasteiger charge is 2.27. The minimum Gasteiger partial charge on any atom is -0.496 e. The van der Waals surface area contributed by atoms with Gasteiger partial charge in [-0.2, -0.15) is 0 Å². The van der Waals surface area contributed by atoms with Crippen molar-refractivity contribution in [3.05, 3.63) is 27.7 Å². The first-order valence-corrected chi connectivity index (χ1v) is 7.40. The lowest BCUT2D eigenvalue weighted by atomic mass is 9.97. The number of hydrogen-bond acceptors (Lipinski definition) is 2. The molecule has 0 radical (unpaired) electrons. The van der Waals surface area contributed by atoms with Crippen molar-refractivity contribution in [1.82, 2.24) is 0 Å². The number of halogens is 2. The molecule has 2 atom stereocenters. The molecule has 2 rings (SSSR count). The highest BCUT2D eigenvalue weighted by molar-refractivity contribution is 9.10. The maximum Gasteiger partial charge on any atom is 0.123 e. The minimum absolute atomic E-state index is 0.289. The number of aryl methyl sites for hydroxylation is 1. The van der Waals surface area contributed by atoms with Crippen molar-refractivity contribution in [2.75, 3.05) is 20.3 Å². The summed E-state index contributed by atoms with van der Waals surface area (Å²) < 4.78 is 12.0. The van der Waals surface area contributed by atoms with Crippen molar-refractivity contribution < 1.29 is 9.47 Å². The monoisotopic (exact) mass is 362 g/mol. The fourth-order valence-corrected chi connectivity index (χ4v) is 3.24. The molecule has 2 unspecified atom stereocenters. The molecule has 1 aliphatic heterocycles. The Hall–Kier alpha value is -0.0600. The maximum absolute atomic E-state index is 5.47. The Bertz CT molecular complexity index is 401. The molecule has 0 aliphatic carbocycles. The van der Waals surface area contributed by atoms with Gasteiger partial charge in [-0.25, -0.2) is 0 Å². The van der Waals surface area contributed by atoms with Crippen LogP contribution < -0.4 is 4.74 Å². The zero-order valence-corrected chi connectivity index (χ0v) is 13.2. The number of rotatable bonds is 3. The van der Waals surface area contributed by atoms with Gasteiger partial charge in [-0.1, -0.05) is 31.9 Å². The maximum atomic E-state index is 5.47. The van der Waals surface area contributed by atoms with Crippen LogP contribution in [0, 0.1) is 12.8 Å². The fraction of sp³-hybridized carbons (Fsp3) is 0.538. The molecule has 1 heterocycles. The van der Waals surface area contributed by atoms with Gasteiger partial charge in [0.15, 0.2) is 0 Å². The molecule has 0 amide bonds. The summed E-state index contributed by atoms with van der Waals surface area (Å²) in [7, 11) is 1.72. The first-order valence-electron chi connectivity index (χ1n) is 5.69. The normalized spacial score (nSPS) is 21.5. The molecule has 1 aromatic rings. The van der Waals surface area contributed by atoms with Crippen LogP contribution in [0.25, 0.3) is 0 Å². The van der Waals surface area contributed by atoms with Gasteiger partial charge >= 0.3 is 0 Å². The summed E-state index contributed by atoms with van der Waals surface area (Å²) in [6.45, 7) is 3.75. The van der Waals surface area contributed by atoms with Crippen LogP contribution in [0.5, 0.6) is 5.75 Å². The van der Waals surface area contributed by atoms with E-state index >= 15 is 0 Å². The lowest BCUT2D eigenvalue weighted by Crippen LogP contribution is -2.09. The molecule has 2 nitrogen and oxygen atoms in total. The molecule has 1 saturated heterocycles. The predicted molar refractivity (Wildman–Crippen MR) is 76.0 cm³/mol. The molecule has 4 heteroatoms. The summed E-state index contributed by atoms with van der Waals surface area (Å²) in [5.41, 5.74) is 2.38. The number of benzene rings is 1. The number of ether oxygens (including phenoxy) is 2. The molecule has 0 spiro atoms. The molecule has 0 saturated carbocycles. The Morgan fingerprint density at radius 2 is 2.24 bits per heavy atom. The van der Waals surface area contributed by atoms with Gasteiger partial charge in [-0.15, -0.1) is 0 Å². The van der Waals surface area contributed by atoms with Crippen LogP contribution in [-0.2, 0) is 4.74 Å². The molecule has 1 aliphatic rings. The van der Waals surface area contributed by atoms with Crippen LogP contribution in [0.4, 0.5) is 0 Å². The second-order valence-electron chi connectivity index (χ2n) is 4.37. The minimum atomic E-state index is 0.289. The van der Waals surface area contributed by atoms with Gasteiger partial charge in [0.05, 0.1) is 13.7 Å². The third-order valence-electron chi connectivity index (χ3n) is 3.19. The van der Waals surface area contributed by atoms with E-state index in [0.717, 1.165) is 29.9 Å². The topological polar surface area (TPSA) is 18.5 Å². The predicted octanol–water partition coefficient (Wildman–Crippen LogP) is 4.24. The SMILES string of the molecule is COc1cc(C)c(Br)cc1C(Br)C1CCOC1. The Morgan fingerprint density at radius 1 is 1.47 bits per heavy atom. The van der Waals surface area contributed by atoms with Crippen molar-refractivity contribution >= 4 is 31.9 Å². The van der Waals surface area contributed by atoms with Crippen LogP contribution >= 0.6 is 31.9 Å². The molecular weight excluding hydrogens is 348 g/mol. The average Bonchev–Trinajstić information content (AvgIpc) is 2.84. The zero-order valence-electron chi connectivity index (χ0n) is 10.0. The molecule has 0 bridgehead atoms. The summed E-state index contributed by atoms with van der Waals surface area (Å²) >= 11 is 7.36. The highest BCUT2D eigenvalue weighted by atomic mass is 79.9. The van der Waals surface area contributed by atoms with Crippen molar-refractivity contribution in [3.8, 4) is 5.75 Å². The summed E-state index contributed by atoms with van der Waals surface area (Å²) in [6.07, 6.45) is 1.10. The first-order chi connectivity index (χ1) is 8.13. The van der Waals surface area contributed by atoms with E-state index in [4.69, 9.17) is 9.47 Å². The molecule has 0 N–H and O–H groups in total. The quantitative estimate of drug-likeness (QED) is 0.748. The van der Waals surface area contributed by atoms with Crippen LogP contribution in [-0.4, -0.2) is 20.3 Å². The Morgan fingerprint density at radius 3 is 2.82 bits per heavy atom. The highest BCUT2D eigenvalue weighted by Crippen LogP contribution is 2.42. The zero-order chi connectivity index (χ0) is 12.4. The van der Waals surface area contributed by atoms with Gasteiger partial charge in [0.25, 0.3) is 0 Å². The van der Waals surface area contributed by atoms with Crippen molar-refractivity contribution in [1.29, 1.82) is 0 Å². The second-order valence-corrected chi connectivity index (χ2v) is 6.21. The van der Waals surface area contributed by atoms with E-state index in [1.807, 2.05) is 0 Å². The molecule has 0 aromatic heterocycles. The van der Waals surface area contributed by atoms with Crippen molar-refractivity contribution in [2.24, 2.45) is 5.92 Å². The average molecular weight is 364 g/mol. The van der Waals surface area contributed by atoms with E-state index in [-0.39, 0.29) is 4.83 Å². The van der Waals surface area contributed by atoms with E-state index in [0.29, 0.717) is 5.92 Å². The fourth-order valence-electron chi connectivity index (χ4n) is 2.10. The summed E-state index contributed by atoms with van der Waals surface area (Å²) in [4.78, 5) is 0.289. The number of methoxy groups -OCH3 is 1. The number of alkyl halides is 1. The van der Waals surface area contributed by atoms with Gasteiger partial charge in [-0.05, 0) is 31.0 Å². The van der Waals surface area contributed by atoms with E-state index in [9.17, 15) is 0 Å². The lowest BCUT2D eigenvalue weighted by molar-refractivity contribution is 0.185. The Kier molecular flexibility index (Phi) is 4.50. The van der Waals surface area contributed by atoms with Gasteiger partial charge in [0.2, 0.25) is 0 Å².